The molecule has 0 spiro atoms. The summed E-state index contributed by atoms with van der Waals surface area (Å²) in [7, 11) is 6.23. The molecule has 2 aromatic rings. The Bertz CT molecular complexity index is 694. The Hall–Kier alpha value is -2.49. The van der Waals surface area contributed by atoms with Crippen molar-refractivity contribution in [3.05, 3.63) is 65.7 Å². The summed E-state index contributed by atoms with van der Waals surface area (Å²) in [5, 5.41) is 3.56. The first-order chi connectivity index (χ1) is 11.6. The second-order valence-corrected chi connectivity index (χ2v) is 6.62. The molecule has 1 atom stereocenters. The maximum atomic E-state index is 4.78. The minimum atomic E-state index is 0.421. The molecule has 0 aliphatic carbocycles. The fourth-order valence-corrected chi connectivity index (χ4v) is 3.04. The molecule has 4 heteroatoms. The van der Waals surface area contributed by atoms with Crippen molar-refractivity contribution in [2.24, 2.45) is 4.99 Å². The first-order valence-corrected chi connectivity index (χ1v) is 8.44. The van der Waals surface area contributed by atoms with Crippen LogP contribution in [0, 0.1) is 0 Å². The smallest absolute Gasteiger partial charge is 0.194 e. The molecule has 0 radical (unpaired) electrons. The third kappa shape index (κ3) is 4.07. The molecule has 126 valence electrons. The van der Waals surface area contributed by atoms with Gasteiger partial charge in [0.05, 0.1) is 12.6 Å². The summed E-state index contributed by atoms with van der Waals surface area (Å²) < 4.78 is 0. The lowest BCUT2D eigenvalue weighted by atomic mass is 10.1. The molecule has 24 heavy (non-hydrogen) atoms. The highest BCUT2D eigenvalue weighted by Crippen LogP contribution is 2.15. The van der Waals surface area contributed by atoms with Crippen LogP contribution in [0.5, 0.6) is 0 Å². The molecule has 1 unspecified atom stereocenters. The Labute approximate surface area is 144 Å². The molecule has 1 fully saturated rings. The maximum Gasteiger partial charge on any atom is 0.194 e. The molecule has 0 amide bonds. The predicted octanol–water partition coefficient (Wildman–Crippen LogP) is 2.75. The molecule has 1 aliphatic rings. The average Bonchev–Trinajstić information content (AvgIpc) is 2.93. The number of nitrogens with one attached hydrogen (secondary N) is 1. The highest BCUT2D eigenvalue weighted by molar-refractivity contribution is 5.82. The molecule has 2 aromatic carbocycles. The van der Waals surface area contributed by atoms with Gasteiger partial charge in [0.1, 0.15) is 0 Å². The Morgan fingerprint density at radius 3 is 2.58 bits per heavy atom. The number of likely N-dealkylation sites (N-methyl/N-ethyl adjacent to an activating group) is 1. The zero-order chi connectivity index (χ0) is 16.9. The second-order valence-electron chi connectivity index (χ2n) is 6.62. The number of anilines is 1. The van der Waals surface area contributed by atoms with Crippen molar-refractivity contribution in [3.8, 4) is 0 Å². The van der Waals surface area contributed by atoms with Gasteiger partial charge in [0.15, 0.2) is 5.96 Å². The zero-order valence-corrected chi connectivity index (χ0v) is 14.7. The summed E-state index contributed by atoms with van der Waals surface area (Å²) in [6.45, 7) is 1.69. The van der Waals surface area contributed by atoms with Crippen LogP contribution in [0.4, 0.5) is 5.69 Å². The van der Waals surface area contributed by atoms with Crippen molar-refractivity contribution in [1.82, 2.24) is 10.2 Å². The summed E-state index contributed by atoms with van der Waals surface area (Å²) in [6, 6.07) is 19.6. The predicted molar refractivity (Wildman–Crippen MR) is 102 cm³/mol. The standard InChI is InChI=1S/C20H26N4/c1-23(2)19-11-7-10-17(13-19)14-21-20-22-18(15-24(20)3)12-16-8-5-4-6-9-16/h4-11,13,18H,12,14-15H2,1-3H3,(H,21,22). The fourth-order valence-electron chi connectivity index (χ4n) is 3.04. The van der Waals surface area contributed by atoms with Crippen LogP contribution in [0.3, 0.4) is 0 Å². The summed E-state index contributed by atoms with van der Waals surface area (Å²) in [4.78, 5) is 9.11. The highest BCUT2D eigenvalue weighted by Gasteiger charge is 2.23. The summed E-state index contributed by atoms with van der Waals surface area (Å²) in [5.41, 5.74) is 3.81. The lowest BCUT2D eigenvalue weighted by Gasteiger charge is -2.13. The molecule has 1 aliphatic heterocycles. The van der Waals surface area contributed by atoms with Crippen LogP contribution in [-0.4, -0.2) is 44.6 Å². The lowest BCUT2D eigenvalue weighted by Crippen LogP contribution is -2.30. The van der Waals surface area contributed by atoms with Crippen LogP contribution < -0.4 is 10.2 Å². The fraction of sp³-hybridized carbons (Fsp3) is 0.350. The van der Waals surface area contributed by atoms with Crippen LogP contribution in [0.2, 0.25) is 0 Å². The number of rotatable bonds is 5. The lowest BCUT2D eigenvalue weighted by molar-refractivity contribution is 0.502. The Morgan fingerprint density at radius 1 is 1.08 bits per heavy atom. The third-order valence-corrected chi connectivity index (χ3v) is 4.35. The second kappa shape index (κ2) is 7.39. The van der Waals surface area contributed by atoms with Crippen LogP contribution in [-0.2, 0) is 13.0 Å². The number of guanidine groups is 1. The van der Waals surface area contributed by atoms with E-state index < -0.39 is 0 Å². The average molecular weight is 322 g/mol. The largest absolute Gasteiger partial charge is 0.378 e. The highest BCUT2D eigenvalue weighted by atomic mass is 15.3. The Kier molecular flexibility index (Phi) is 5.04. The van der Waals surface area contributed by atoms with Gasteiger partial charge in [0.2, 0.25) is 0 Å². The number of hydrogen-bond acceptors (Lipinski definition) is 2. The Balaban J connectivity index is 1.62. The van der Waals surface area contributed by atoms with Crippen molar-refractivity contribution >= 4 is 11.6 Å². The van der Waals surface area contributed by atoms with Crippen molar-refractivity contribution < 1.29 is 0 Å². The van der Waals surface area contributed by atoms with E-state index in [2.05, 4.69) is 90.9 Å². The zero-order valence-electron chi connectivity index (χ0n) is 14.7. The van der Waals surface area contributed by atoms with E-state index in [1.165, 1.54) is 16.8 Å². The SMILES string of the molecule is CN1CC(Cc2ccccc2)NC1=NCc1cccc(N(C)C)c1. The molecule has 3 rings (SSSR count). The van der Waals surface area contributed by atoms with E-state index in [0.717, 1.165) is 18.9 Å². The molecule has 0 aromatic heterocycles. The minimum Gasteiger partial charge on any atom is -0.378 e. The van der Waals surface area contributed by atoms with Gasteiger partial charge in [0.25, 0.3) is 0 Å². The van der Waals surface area contributed by atoms with E-state index in [1.807, 2.05) is 0 Å². The van der Waals surface area contributed by atoms with Gasteiger partial charge in [-0.3, -0.25) is 0 Å². The Morgan fingerprint density at radius 2 is 1.83 bits per heavy atom. The van der Waals surface area contributed by atoms with Gasteiger partial charge in [0, 0.05) is 33.4 Å². The van der Waals surface area contributed by atoms with Gasteiger partial charge in [-0.15, -0.1) is 0 Å². The van der Waals surface area contributed by atoms with Crippen LogP contribution in [0.1, 0.15) is 11.1 Å². The third-order valence-electron chi connectivity index (χ3n) is 4.35. The van der Waals surface area contributed by atoms with Gasteiger partial charge in [-0.25, -0.2) is 4.99 Å². The van der Waals surface area contributed by atoms with Crippen LogP contribution >= 0.6 is 0 Å². The van der Waals surface area contributed by atoms with Crippen molar-refractivity contribution in [2.45, 2.75) is 19.0 Å². The molecular weight excluding hydrogens is 296 g/mol. The minimum absolute atomic E-state index is 0.421. The monoisotopic (exact) mass is 322 g/mol. The molecule has 1 N–H and O–H groups in total. The number of hydrogen-bond donors (Lipinski definition) is 1. The van der Waals surface area contributed by atoms with E-state index in [1.54, 1.807) is 0 Å². The first-order valence-electron chi connectivity index (χ1n) is 8.44. The van der Waals surface area contributed by atoms with Crippen molar-refractivity contribution in [3.63, 3.8) is 0 Å². The van der Waals surface area contributed by atoms with E-state index in [0.29, 0.717) is 12.6 Å². The van der Waals surface area contributed by atoms with Gasteiger partial charge in [-0.2, -0.15) is 0 Å². The van der Waals surface area contributed by atoms with Gasteiger partial charge < -0.3 is 15.1 Å². The van der Waals surface area contributed by atoms with E-state index in [9.17, 15) is 0 Å². The molecular formula is C20H26N4. The molecule has 0 bridgehead atoms. The number of benzene rings is 2. The van der Waals surface area contributed by atoms with E-state index in [-0.39, 0.29) is 0 Å². The van der Waals surface area contributed by atoms with Crippen LogP contribution in [0.15, 0.2) is 59.6 Å². The van der Waals surface area contributed by atoms with Crippen molar-refractivity contribution in [1.29, 1.82) is 0 Å². The first kappa shape index (κ1) is 16.4. The molecule has 1 heterocycles. The van der Waals surface area contributed by atoms with Gasteiger partial charge in [-0.1, -0.05) is 42.5 Å². The summed E-state index contributed by atoms with van der Waals surface area (Å²) in [6.07, 6.45) is 1.03. The quantitative estimate of drug-likeness (QED) is 0.918. The molecule has 1 saturated heterocycles. The van der Waals surface area contributed by atoms with Gasteiger partial charge in [-0.05, 0) is 29.7 Å². The van der Waals surface area contributed by atoms with Crippen LogP contribution in [0.25, 0.3) is 0 Å². The number of nitrogens with zero attached hydrogens (tertiary/aromatic N) is 3. The molecule has 0 saturated carbocycles. The topological polar surface area (TPSA) is 30.9 Å². The summed E-state index contributed by atoms with van der Waals surface area (Å²) >= 11 is 0. The van der Waals surface area contributed by atoms with Gasteiger partial charge >= 0.3 is 0 Å². The van der Waals surface area contributed by atoms with Crippen molar-refractivity contribution in [2.75, 3.05) is 32.6 Å². The van der Waals surface area contributed by atoms with E-state index >= 15 is 0 Å². The maximum absolute atomic E-state index is 4.78. The summed E-state index contributed by atoms with van der Waals surface area (Å²) in [5.74, 6) is 0.992. The normalized spacial score (nSPS) is 18.7. The molecule has 4 nitrogen and oxygen atoms in total. The number of aliphatic imine (C=N–C) groups is 1. The van der Waals surface area contributed by atoms with E-state index in [4.69, 9.17) is 4.99 Å².